The van der Waals surface area contributed by atoms with E-state index in [4.69, 9.17) is 9.47 Å². The van der Waals surface area contributed by atoms with Crippen LogP contribution in [0.25, 0.3) is 10.9 Å². The Hall–Kier alpha value is -3.28. The highest BCUT2D eigenvalue weighted by molar-refractivity contribution is 6.00. The zero-order chi connectivity index (χ0) is 19.2. The number of allylic oxidation sites excluding steroid dienone is 1. The number of aromatic nitrogens is 2. The summed E-state index contributed by atoms with van der Waals surface area (Å²) in [5.41, 5.74) is 2.92. The first-order valence-corrected chi connectivity index (χ1v) is 8.72. The predicted molar refractivity (Wildman–Crippen MR) is 106 cm³/mol. The van der Waals surface area contributed by atoms with Crippen molar-refractivity contribution < 1.29 is 14.3 Å². The molecule has 6 heteroatoms. The molecule has 0 bridgehead atoms. The molecular weight excluding hydrogens is 342 g/mol. The molecule has 1 amide bonds. The molecule has 1 heterocycles. The van der Waals surface area contributed by atoms with Gasteiger partial charge in [0.05, 0.1) is 19.0 Å². The van der Waals surface area contributed by atoms with Crippen LogP contribution in [0.1, 0.15) is 19.4 Å². The largest absolute Gasteiger partial charge is 0.497 e. The number of amides is 1. The van der Waals surface area contributed by atoms with Crippen molar-refractivity contribution in [1.82, 2.24) is 10.2 Å². The van der Waals surface area contributed by atoms with E-state index < -0.39 is 0 Å². The number of nitrogens with zero attached hydrogens (tertiary/aromatic N) is 1. The van der Waals surface area contributed by atoms with Gasteiger partial charge in [0.25, 0.3) is 0 Å². The Bertz CT molecular complexity index is 954. The summed E-state index contributed by atoms with van der Waals surface area (Å²) in [6.07, 6.45) is 2.28. The summed E-state index contributed by atoms with van der Waals surface area (Å²) < 4.78 is 10.8. The van der Waals surface area contributed by atoms with Crippen molar-refractivity contribution >= 4 is 22.6 Å². The molecule has 0 aliphatic carbocycles. The summed E-state index contributed by atoms with van der Waals surface area (Å²) in [7, 11) is 1.61. The predicted octanol–water partition coefficient (Wildman–Crippen LogP) is 4.10. The van der Waals surface area contributed by atoms with E-state index >= 15 is 0 Å². The Morgan fingerprint density at radius 3 is 2.59 bits per heavy atom. The van der Waals surface area contributed by atoms with Gasteiger partial charge in [-0.2, -0.15) is 5.10 Å². The topological polar surface area (TPSA) is 76.2 Å². The van der Waals surface area contributed by atoms with Crippen LogP contribution in [-0.2, 0) is 11.2 Å². The Kier molecular flexibility index (Phi) is 5.76. The van der Waals surface area contributed by atoms with Gasteiger partial charge in [0.15, 0.2) is 5.82 Å². The SMILES string of the molecule is COc1ccc(CC(=O)Nc2n[nH]c3cc(OCC=C(C)C)ccc23)cc1. The van der Waals surface area contributed by atoms with Gasteiger partial charge in [0, 0.05) is 11.5 Å². The fraction of sp³-hybridized carbons (Fsp3) is 0.238. The summed E-state index contributed by atoms with van der Waals surface area (Å²) in [5.74, 6) is 1.90. The van der Waals surface area contributed by atoms with E-state index in [0.717, 1.165) is 28.0 Å². The van der Waals surface area contributed by atoms with E-state index in [0.29, 0.717) is 12.4 Å². The number of aromatic amines is 1. The van der Waals surface area contributed by atoms with Crippen LogP contribution in [0, 0.1) is 0 Å². The van der Waals surface area contributed by atoms with Crippen molar-refractivity contribution in [2.45, 2.75) is 20.3 Å². The highest BCUT2D eigenvalue weighted by Crippen LogP contribution is 2.25. The Morgan fingerprint density at radius 1 is 1.15 bits per heavy atom. The minimum atomic E-state index is -0.127. The maximum absolute atomic E-state index is 12.3. The fourth-order valence-corrected chi connectivity index (χ4v) is 2.59. The number of carbonyl (C=O) groups is 1. The number of anilines is 1. The minimum Gasteiger partial charge on any atom is -0.497 e. The van der Waals surface area contributed by atoms with Crippen LogP contribution in [0.3, 0.4) is 0 Å². The number of hydrogen-bond donors (Lipinski definition) is 2. The number of fused-ring (bicyclic) bond motifs is 1. The Balaban J connectivity index is 1.65. The normalized spacial score (nSPS) is 10.5. The van der Waals surface area contributed by atoms with Gasteiger partial charge < -0.3 is 14.8 Å². The van der Waals surface area contributed by atoms with Gasteiger partial charge in [0.1, 0.15) is 18.1 Å². The maximum atomic E-state index is 12.3. The van der Waals surface area contributed by atoms with Crippen molar-refractivity contribution in [1.29, 1.82) is 0 Å². The number of rotatable bonds is 7. The summed E-state index contributed by atoms with van der Waals surface area (Å²) in [5, 5.41) is 10.8. The summed E-state index contributed by atoms with van der Waals surface area (Å²) >= 11 is 0. The number of H-pyrrole nitrogens is 1. The fourth-order valence-electron chi connectivity index (χ4n) is 2.59. The molecule has 2 N–H and O–H groups in total. The molecular formula is C21H23N3O3. The number of methoxy groups -OCH3 is 1. The van der Waals surface area contributed by atoms with Gasteiger partial charge in [-0.15, -0.1) is 0 Å². The number of ether oxygens (including phenoxy) is 2. The molecule has 3 rings (SSSR count). The Morgan fingerprint density at radius 2 is 1.89 bits per heavy atom. The van der Waals surface area contributed by atoms with Gasteiger partial charge in [-0.05, 0) is 49.8 Å². The molecule has 0 aliphatic heterocycles. The number of nitrogens with one attached hydrogen (secondary N) is 2. The van der Waals surface area contributed by atoms with Crippen LogP contribution < -0.4 is 14.8 Å². The smallest absolute Gasteiger partial charge is 0.230 e. The number of hydrogen-bond acceptors (Lipinski definition) is 4. The molecule has 0 radical (unpaired) electrons. The van der Waals surface area contributed by atoms with E-state index in [1.807, 2.05) is 62.4 Å². The maximum Gasteiger partial charge on any atom is 0.230 e. The van der Waals surface area contributed by atoms with Crippen molar-refractivity contribution in [3.63, 3.8) is 0 Å². The Labute approximate surface area is 158 Å². The van der Waals surface area contributed by atoms with Crippen molar-refractivity contribution in [2.75, 3.05) is 19.0 Å². The first kappa shape index (κ1) is 18.5. The second-order valence-corrected chi connectivity index (χ2v) is 6.45. The van der Waals surface area contributed by atoms with Gasteiger partial charge in [-0.1, -0.05) is 17.7 Å². The minimum absolute atomic E-state index is 0.127. The second-order valence-electron chi connectivity index (χ2n) is 6.45. The zero-order valence-electron chi connectivity index (χ0n) is 15.7. The molecule has 1 aromatic heterocycles. The van der Waals surface area contributed by atoms with Gasteiger partial charge in [-0.3, -0.25) is 9.89 Å². The first-order valence-electron chi connectivity index (χ1n) is 8.72. The monoisotopic (exact) mass is 365 g/mol. The molecule has 0 saturated heterocycles. The van der Waals surface area contributed by atoms with Crippen molar-refractivity contribution in [3.8, 4) is 11.5 Å². The van der Waals surface area contributed by atoms with Crippen LogP contribution in [0.5, 0.6) is 11.5 Å². The third-order valence-electron chi connectivity index (χ3n) is 4.06. The molecule has 27 heavy (non-hydrogen) atoms. The van der Waals surface area contributed by atoms with Gasteiger partial charge >= 0.3 is 0 Å². The van der Waals surface area contributed by atoms with Crippen molar-refractivity contribution in [2.24, 2.45) is 0 Å². The third kappa shape index (κ3) is 4.88. The number of benzene rings is 2. The molecule has 0 unspecified atom stereocenters. The molecule has 0 spiro atoms. The zero-order valence-corrected chi connectivity index (χ0v) is 15.7. The van der Waals surface area contributed by atoms with Gasteiger partial charge in [-0.25, -0.2) is 0 Å². The molecule has 2 aromatic carbocycles. The van der Waals surface area contributed by atoms with E-state index in [9.17, 15) is 4.79 Å². The van der Waals surface area contributed by atoms with E-state index in [-0.39, 0.29) is 12.3 Å². The van der Waals surface area contributed by atoms with Gasteiger partial charge in [0.2, 0.25) is 5.91 Å². The first-order chi connectivity index (χ1) is 13.0. The van der Waals surface area contributed by atoms with Crippen LogP contribution in [0.4, 0.5) is 5.82 Å². The summed E-state index contributed by atoms with van der Waals surface area (Å²) in [6.45, 7) is 4.58. The molecule has 0 fully saturated rings. The van der Waals surface area contributed by atoms with Crippen molar-refractivity contribution in [3.05, 3.63) is 59.7 Å². The van der Waals surface area contributed by atoms with E-state index in [2.05, 4.69) is 15.5 Å². The molecule has 140 valence electrons. The standard InChI is InChI=1S/C21H23N3O3/c1-14(2)10-11-27-17-8-9-18-19(13-17)23-24-21(18)22-20(25)12-15-4-6-16(26-3)7-5-15/h4-10,13H,11-12H2,1-3H3,(H2,22,23,24,25). The lowest BCUT2D eigenvalue weighted by atomic mass is 10.1. The molecule has 6 nitrogen and oxygen atoms in total. The van der Waals surface area contributed by atoms with Crippen LogP contribution in [0.2, 0.25) is 0 Å². The summed E-state index contributed by atoms with van der Waals surface area (Å²) in [6, 6.07) is 13.1. The number of carbonyl (C=O) groups excluding carboxylic acids is 1. The molecule has 0 aliphatic rings. The molecule has 0 saturated carbocycles. The third-order valence-corrected chi connectivity index (χ3v) is 4.06. The molecule has 3 aromatic rings. The van der Waals surface area contributed by atoms with E-state index in [1.165, 1.54) is 5.57 Å². The highest BCUT2D eigenvalue weighted by atomic mass is 16.5. The average molecular weight is 365 g/mol. The average Bonchev–Trinajstić information content (AvgIpc) is 3.04. The second kappa shape index (κ2) is 8.40. The van der Waals surface area contributed by atoms with Crippen LogP contribution in [0.15, 0.2) is 54.1 Å². The molecule has 0 atom stereocenters. The quantitative estimate of drug-likeness (QED) is 0.618. The summed E-state index contributed by atoms with van der Waals surface area (Å²) in [4.78, 5) is 12.3. The van der Waals surface area contributed by atoms with Crippen LogP contribution >= 0.6 is 0 Å². The van der Waals surface area contributed by atoms with E-state index in [1.54, 1.807) is 7.11 Å². The highest BCUT2D eigenvalue weighted by Gasteiger charge is 2.11. The lowest BCUT2D eigenvalue weighted by Gasteiger charge is -2.05. The lowest BCUT2D eigenvalue weighted by molar-refractivity contribution is -0.115. The lowest BCUT2D eigenvalue weighted by Crippen LogP contribution is -2.14. The van der Waals surface area contributed by atoms with Crippen LogP contribution in [-0.4, -0.2) is 29.8 Å².